The predicted octanol–water partition coefficient (Wildman–Crippen LogP) is 2.92. The molecule has 2 aromatic rings. The van der Waals surface area contributed by atoms with Crippen molar-refractivity contribution >= 4 is 27.3 Å². The third kappa shape index (κ3) is 2.63. The van der Waals surface area contributed by atoms with E-state index in [2.05, 4.69) is 5.32 Å². The monoisotopic (exact) mass is 292 g/mol. The Labute approximate surface area is 122 Å². The summed E-state index contributed by atoms with van der Waals surface area (Å²) in [6.45, 7) is 7.25. The number of hydrogen-bond acceptors (Lipinski definition) is 3. The van der Waals surface area contributed by atoms with Gasteiger partial charge in [0.25, 0.3) is 11.5 Å². The first-order chi connectivity index (χ1) is 9.60. The molecule has 0 aliphatic heterocycles. The number of fused-ring (bicyclic) bond motifs is 1. The fourth-order valence-corrected chi connectivity index (χ4v) is 3.33. The molecule has 5 heteroatoms. The number of carbonyl (C=O) groups is 1. The summed E-state index contributed by atoms with van der Waals surface area (Å²) in [6.07, 6.45) is 3.59. The van der Waals surface area contributed by atoms with Crippen molar-refractivity contribution < 1.29 is 4.79 Å². The number of hydrogen-bond donors (Lipinski definition) is 1. The average molecular weight is 292 g/mol. The molecular weight excluding hydrogens is 272 g/mol. The van der Waals surface area contributed by atoms with E-state index in [4.69, 9.17) is 0 Å². The van der Waals surface area contributed by atoms with Crippen LogP contribution >= 0.6 is 11.3 Å². The van der Waals surface area contributed by atoms with Crippen LogP contribution in [0, 0.1) is 6.92 Å². The van der Waals surface area contributed by atoms with Crippen LogP contribution in [0.15, 0.2) is 17.1 Å². The zero-order valence-corrected chi connectivity index (χ0v) is 13.0. The molecular formula is C15H20N2O2S. The summed E-state index contributed by atoms with van der Waals surface area (Å²) in [5.41, 5.74) is 0.490. The molecule has 0 bridgehead atoms. The first-order valence-corrected chi connectivity index (χ1v) is 7.82. The molecule has 0 saturated heterocycles. The van der Waals surface area contributed by atoms with Crippen molar-refractivity contribution in [1.29, 1.82) is 0 Å². The van der Waals surface area contributed by atoms with Crippen molar-refractivity contribution in [1.82, 2.24) is 9.88 Å². The van der Waals surface area contributed by atoms with Gasteiger partial charge in [-0.05, 0) is 25.8 Å². The van der Waals surface area contributed by atoms with Gasteiger partial charge in [-0.2, -0.15) is 0 Å². The molecule has 0 spiro atoms. The van der Waals surface area contributed by atoms with E-state index in [1.165, 1.54) is 11.3 Å². The lowest BCUT2D eigenvalue weighted by Gasteiger charge is -2.06. The molecule has 0 fully saturated rings. The number of nitrogens with zero attached hydrogens (tertiary/aromatic N) is 1. The molecule has 0 atom stereocenters. The van der Waals surface area contributed by atoms with Gasteiger partial charge >= 0.3 is 0 Å². The molecule has 0 unspecified atom stereocenters. The summed E-state index contributed by atoms with van der Waals surface area (Å²) >= 11 is 1.51. The van der Waals surface area contributed by atoms with Crippen LogP contribution in [0.3, 0.4) is 0 Å². The fourth-order valence-electron chi connectivity index (χ4n) is 2.28. The largest absolute Gasteiger partial charge is 0.352 e. The van der Waals surface area contributed by atoms with E-state index >= 15 is 0 Å². The van der Waals surface area contributed by atoms with Gasteiger partial charge in [-0.15, -0.1) is 11.3 Å². The lowest BCUT2D eigenvalue weighted by Crippen LogP contribution is -2.27. The summed E-state index contributed by atoms with van der Waals surface area (Å²) in [6, 6.07) is 1.93. The molecule has 0 radical (unpaired) electrons. The minimum absolute atomic E-state index is 0.0599. The highest BCUT2D eigenvalue weighted by Gasteiger charge is 2.19. The number of nitrogens with one attached hydrogen (secondary N) is 1. The Morgan fingerprint density at radius 1 is 1.35 bits per heavy atom. The van der Waals surface area contributed by atoms with Gasteiger partial charge < -0.3 is 9.88 Å². The number of aromatic nitrogens is 1. The van der Waals surface area contributed by atoms with Gasteiger partial charge in [0, 0.05) is 28.9 Å². The summed E-state index contributed by atoms with van der Waals surface area (Å²) in [5, 5.41) is 3.43. The number of amides is 1. The van der Waals surface area contributed by atoms with E-state index in [1.54, 1.807) is 4.57 Å². The Morgan fingerprint density at radius 2 is 2.10 bits per heavy atom. The summed E-state index contributed by atoms with van der Waals surface area (Å²) < 4.78 is 2.58. The van der Waals surface area contributed by atoms with E-state index in [0.29, 0.717) is 24.0 Å². The quantitative estimate of drug-likeness (QED) is 0.921. The molecule has 1 N–H and O–H groups in total. The summed E-state index contributed by atoms with van der Waals surface area (Å²) in [4.78, 5) is 25.7. The van der Waals surface area contributed by atoms with Crippen molar-refractivity contribution in [3.63, 3.8) is 0 Å². The maximum absolute atomic E-state index is 12.5. The van der Waals surface area contributed by atoms with Crippen molar-refractivity contribution in [2.24, 2.45) is 0 Å². The van der Waals surface area contributed by atoms with Crippen LogP contribution in [0.2, 0.25) is 0 Å². The first-order valence-electron chi connectivity index (χ1n) is 7.00. The molecule has 0 aromatic carbocycles. The number of rotatable bonds is 5. The van der Waals surface area contributed by atoms with Crippen LogP contribution in [0.4, 0.5) is 0 Å². The molecule has 4 nitrogen and oxygen atoms in total. The fraction of sp³-hybridized carbons (Fsp3) is 0.467. The normalized spacial score (nSPS) is 10.9. The van der Waals surface area contributed by atoms with Gasteiger partial charge in [0.15, 0.2) is 0 Å². The Kier molecular flexibility index (Phi) is 4.60. The molecule has 0 aliphatic carbocycles. The number of pyridine rings is 1. The second-order valence-electron chi connectivity index (χ2n) is 4.84. The molecule has 1 amide bonds. The number of thiophene rings is 1. The molecule has 108 valence electrons. The highest BCUT2D eigenvalue weighted by molar-refractivity contribution is 7.19. The van der Waals surface area contributed by atoms with Crippen LogP contribution < -0.4 is 10.9 Å². The van der Waals surface area contributed by atoms with Crippen LogP contribution in [-0.4, -0.2) is 17.0 Å². The number of carbonyl (C=O) groups excluding carboxylic acids is 1. The van der Waals surface area contributed by atoms with Crippen LogP contribution in [-0.2, 0) is 6.54 Å². The SMILES string of the molecule is CCCNC(=O)c1c(C)sc2ccn(CCC)c(=O)c12. The lowest BCUT2D eigenvalue weighted by atomic mass is 10.1. The Bertz CT molecular complexity index is 685. The smallest absolute Gasteiger partial charge is 0.260 e. The average Bonchev–Trinajstić information content (AvgIpc) is 2.76. The van der Waals surface area contributed by atoms with Crippen LogP contribution in [0.1, 0.15) is 41.9 Å². The van der Waals surface area contributed by atoms with Gasteiger partial charge in [-0.1, -0.05) is 13.8 Å². The molecule has 0 aliphatic rings. The first kappa shape index (κ1) is 14.8. The molecule has 0 saturated carbocycles. The second-order valence-corrected chi connectivity index (χ2v) is 6.10. The summed E-state index contributed by atoms with van der Waals surface area (Å²) in [5.74, 6) is -0.137. The third-order valence-electron chi connectivity index (χ3n) is 3.22. The summed E-state index contributed by atoms with van der Waals surface area (Å²) in [7, 11) is 0. The predicted molar refractivity (Wildman–Crippen MR) is 83.7 cm³/mol. The molecule has 20 heavy (non-hydrogen) atoms. The second kappa shape index (κ2) is 6.22. The zero-order chi connectivity index (χ0) is 14.7. The van der Waals surface area contributed by atoms with Gasteiger partial charge in [-0.25, -0.2) is 0 Å². The Balaban J connectivity index is 2.58. The topological polar surface area (TPSA) is 51.1 Å². The minimum Gasteiger partial charge on any atom is -0.352 e. The van der Waals surface area contributed by atoms with E-state index in [-0.39, 0.29) is 11.5 Å². The number of aryl methyl sites for hydroxylation is 2. The molecule has 2 heterocycles. The van der Waals surface area contributed by atoms with Crippen molar-refractivity contribution in [2.45, 2.75) is 40.2 Å². The van der Waals surface area contributed by atoms with Crippen LogP contribution in [0.5, 0.6) is 0 Å². The van der Waals surface area contributed by atoms with Gasteiger partial charge in [0.1, 0.15) is 0 Å². The highest BCUT2D eigenvalue weighted by atomic mass is 32.1. The molecule has 2 rings (SSSR count). The maximum atomic E-state index is 12.5. The minimum atomic E-state index is -0.137. The van der Waals surface area contributed by atoms with E-state index < -0.39 is 0 Å². The van der Waals surface area contributed by atoms with Gasteiger partial charge in [0.05, 0.1) is 10.9 Å². The van der Waals surface area contributed by atoms with Crippen LogP contribution in [0.25, 0.3) is 10.1 Å². The Hall–Kier alpha value is -1.62. The lowest BCUT2D eigenvalue weighted by molar-refractivity contribution is 0.0955. The zero-order valence-electron chi connectivity index (χ0n) is 12.2. The van der Waals surface area contributed by atoms with E-state index in [1.807, 2.05) is 33.0 Å². The molecule has 2 aromatic heterocycles. The van der Waals surface area contributed by atoms with Gasteiger partial charge in [0.2, 0.25) is 0 Å². The van der Waals surface area contributed by atoms with Crippen molar-refractivity contribution in [3.8, 4) is 0 Å². The maximum Gasteiger partial charge on any atom is 0.260 e. The third-order valence-corrected chi connectivity index (χ3v) is 4.29. The van der Waals surface area contributed by atoms with Crippen molar-refractivity contribution in [2.75, 3.05) is 6.54 Å². The van der Waals surface area contributed by atoms with Crippen molar-refractivity contribution in [3.05, 3.63) is 33.1 Å². The standard InChI is InChI=1S/C15H20N2O2S/c1-4-7-16-14(18)12-10(3)20-11-6-9-17(8-5-2)15(19)13(11)12/h6,9H,4-5,7-8H2,1-3H3,(H,16,18). The van der Waals surface area contributed by atoms with Gasteiger partial charge in [-0.3, -0.25) is 9.59 Å². The van der Waals surface area contributed by atoms with E-state index in [0.717, 1.165) is 22.4 Å². The highest BCUT2D eigenvalue weighted by Crippen LogP contribution is 2.28. The van der Waals surface area contributed by atoms with E-state index in [9.17, 15) is 9.59 Å². The Morgan fingerprint density at radius 3 is 2.75 bits per heavy atom.